The van der Waals surface area contributed by atoms with Crippen molar-refractivity contribution in [3.05, 3.63) is 52.0 Å². The Labute approximate surface area is 146 Å². The molecule has 1 aliphatic rings. The highest BCUT2D eigenvalue weighted by Gasteiger charge is 2.26. The van der Waals surface area contributed by atoms with E-state index in [1.165, 1.54) is 5.56 Å². The van der Waals surface area contributed by atoms with Crippen molar-refractivity contribution < 1.29 is 9.53 Å². The van der Waals surface area contributed by atoms with Crippen molar-refractivity contribution in [1.82, 2.24) is 15.2 Å². The van der Waals surface area contributed by atoms with E-state index in [4.69, 9.17) is 4.74 Å². The number of aromatic nitrogens is 1. The fourth-order valence-corrected chi connectivity index (χ4v) is 3.57. The van der Waals surface area contributed by atoms with Crippen LogP contribution in [0.1, 0.15) is 21.9 Å². The number of nitrogens with one attached hydrogen (secondary N) is 1. The summed E-state index contributed by atoms with van der Waals surface area (Å²) >= 11 is 1.62. The summed E-state index contributed by atoms with van der Waals surface area (Å²) in [4.78, 5) is 19.4. The van der Waals surface area contributed by atoms with Crippen LogP contribution < -0.4 is 5.32 Å². The van der Waals surface area contributed by atoms with E-state index in [1.54, 1.807) is 11.3 Å². The van der Waals surface area contributed by atoms with Crippen LogP contribution in [0.2, 0.25) is 0 Å². The monoisotopic (exact) mass is 345 g/mol. The SMILES string of the molecule is Cc1ncc(CNC(=O)N2CCC(COCc3ccccc3)C2)s1. The first-order chi connectivity index (χ1) is 11.7. The molecule has 0 spiro atoms. The van der Waals surface area contributed by atoms with Crippen LogP contribution in [0.15, 0.2) is 36.5 Å². The molecule has 1 aromatic carbocycles. The highest BCUT2D eigenvalue weighted by Crippen LogP contribution is 2.18. The molecule has 1 N–H and O–H groups in total. The predicted molar refractivity (Wildman–Crippen MR) is 94.9 cm³/mol. The Morgan fingerprint density at radius 1 is 1.42 bits per heavy atom. The number of ether oxygens (including phenoxy) is 1. The number of hydrogen-bond acceptors (Lipinski definition) is 4. The van der Waals surface area contributed by atoms with Crippen molar-refractivity contribution in [3.8, 4) is 0 Å². The lowest BCUT2D eigenvalue weighted by atomic mass is 10.1. The van der Waals surface area contributed by atoms with Gasteiger partial charge in [-0.25, -0.2) is 9.78 Å². The molecule has 2 amide bonds. The standard InChI is InChI=1S/C18H23N3O2S/c1-14-19-9-17(24-14)10-20-18(22)21-8-7-16(11-21)13-23-12-15-5-3-2-4-6-15/h2-6,9,16H,7-8,10-13H2,1H3,(H,20,22). The number of likely N-dealkylation sites (tertiary alicyclic amines) is 1. The molecular formula is C18H23N3O2S. The molecule has 2 aromatic rings. The van der Waals surface area contributed by atoms with E-state index in [0.29, 0.717) is 25.7 Å². The third-order valence-corrected chi connectivity index (χ3v) is 5.03. The molecule has 1 fully saturated rings. The van der Waals surface area contributed by atoms with E-state index in [-0.39, 0.29) is 6.03 Å². The highest BCUT2D eigenvalue weighted by atomic mass is 32.1. The second-order valence-electron chi connectivity index (χ2n) is 6.11. The van der Waals surface area contributed by atoms with E-state index >= 15 is 0 Å². The van der Waals surface area contributed by atoms with Gasteiger partial charge in [-0.3, -0.25) is 0 Å². The lowest BCUT2D eigenvalue weighted by Gasteiger charge is -2.17. The summed E-state index contributed by atoms with van der Waals surface area (Å²) in [6.45, 7) is 5.42. The summed E-state index contributed by atoms with van der Waals surface area (Å²) in [6, 6.07) is 10.2. The topological polar surface area (TPSA) is 54.5 Å². The quantitative estimate of drug-likeness (QED) is 0.875. The van der Waals surface area contributed by atoms with Gasteiger partial charge in [0.25, 0.3) is 0 Å². The summed E-state index contributed by atoms with van der Waals surface area (Å²) in [5.74, 6) is 0.421. The summed E-state index contributed by atoms with van der Waals surface area (Å²) in [5, 5.41) is 4.00. The zero-order valence-corrected chi connectivity index (χ0v) is 14.7. The minimum absolute atomic E-state index is 0.00612. The van der Waals surface area contributed by atoms with Gasteiger partial charge in [0.15, 0.2) is 0 Å². The lowest BCUT2D eigenvalue weighted by Crippen LogP contribution is -2.38. The maximum Gasteiger partial charge on any atom is 0.317 e. The van der Waals surface area contributed by atoms with Crippen LogP contribution in [0.4, 0.5) is 4.79 Å². The highest BCUT2D eigenvalue weighted by molar-refractivity contribution is 7.11. The molecule has 24 heavy (non-hydrogen) atoms. The lowest BCUT2D eigenvalue weighted by molar-refractivity contribution is 0.0897. The van der Waals surface area contributed by atoms with Crippen molar-refractivity contribution in [3.63, 3.8) is 0 Å². The van der Waals surface area contributed by atoms with Crippen molar-refractivity contribution in [1.29, 1.82) is 0 Å². The number of thiazole rings is 1. The van der Waals surface area contributed by atoms with E-state index in [9.17, 15) is 4.79 Å². The van der Waals surface area contributed by atoms with Crippen molar-refractivity contribution >= 4 is 17.4 Å². The number of hydrogen-bond donors (Lipinski definition) is 1. The fourth-order valence-electron chi connectivity index (χ4n) is 2.83. The van der Waals surface area contributed by atoms with E-state index in [0.717, 1.165) is 29.4 Å². The Balaban J connectivity index is 1.36. The first kappa shape index (κ1) is 16.9. The Morgan fingerprint density at radius 3 is 3.00 bits per heavy atom. The third-order valence-electron chi connectivity index (χ3n) is 4.12. The van der Waals surface area contributed by atoms with Crippen LogP contribution in [0.5, 0.6) is 0 Å². The normalized spacial score (nSPS) is 17.2. The molecule has 0 saturated carbocycles. The van der Waals surface area contributed by atoms with Crippen LogP contribution in [-0.4, -0.2) is 35.6 Å². The van der Waals surface area contributed by atoms with Crippen molar-refractivity contribution in [2.24, 2.45) is 5.92 Å². The van der Waals surface area contributed by atoms with E-state index in [1.807, 2.05) is 36.2 Å². The first-order valence-corrected chi connectivity index (χ1v) is 9.08. The van der Waals surface area contributed by atoms with Gasteiger partial charge in [0.1, 0.15) is 0 Å². The average Bonchev–Trinajstić information content (AvgIpc) is 3.23. The van der Waals surface area contributed by atoms with Crippen LogP contribution in [0, 0.1) is 12.8 Å². The van der Waals surface area contributed by atoms with Gasteiger partial charge in [0, 0.05) is 30.1 Å². The maximum atomic E-state index is 12.2. The van der Waals surface area contributed by atoms with Crippen LogP contribution in [0.25, 0.3) is 0 Å². The molecule has 0 aliphatic carbocycles. The summed E-state index contributed by atoms with van der Waals surface area (Å²) in [6.07, 6.45) is 2.83. The Hall–Kier alpha value is -1.92. The number of carbonyl (C=O) groups excluding carboxylic acids is 1. The molecule has 1 aliphatic heterocycles. The van der Waals surface area contributed by atoms with Gasteiger partial charge in [0.2, 0.25) is 0 Å². The second-order valence-corrected chi connectivity index (χ2v) is 7.43. The molecule has 1 aromatic heterocycles. The fraction of sp³-hybridized carbons (Fsp3) is 0.444. The minimum atomic E-state index is 0.00612. The zero-order chi connectivity index (χ0) is 16.8. The zero-order valence-electron chi connectivity index (χ0n) is 13.9. The number of rotatable bonds is 6. The molecule has 1 saturated heterocycles. The van der Waals surface area contributed by atoms with Crippen LogP contribution >= 0.6 is 11.3 Å². The van der Waals surface area contributed by atoms with E-state index < -0.39 is 0 Å². The van der Waals surface area contributed by atoms with Crippen LogP contribution in [0.3, 0.4) is 0 Å². The van der Waals surface area contributed by atoms with Gasteiger partial charge in [-0.2, -0.15) is 0 Å². The number of carbonyl (C=O) groups is 1. The number of nitrogens with zero attached hydrogens (tertiary/aromatic N) is 2. The Kier molecular flexibility index (Phi) is 5.82. The summed E-state index contributed by atoms with van der Waals surface area (Å²) in [5.41, 5.74) is 1.19. The van der Waals surface area contributed by atoms with Gasteiger partial charge in [-0.05, 0) is 18.9 Å². The molecule has 0 bridgehead atoms. The minimum Gasteiger partial charge on any atom is -0.376 e. The van der Waals surface area contributed by atoms with Gasteiger partial charge < -0.3 is 15.0 Å². The summed E-state index contributed by atoms with van der Waals surface area (Å²) < 4.78 is 5.80. The molecule has 1 unspecified atom stereocenters. The second kappa shape index (κ2) is 8.26. The third kappa shape index (κ3) is 4.79. The molecule has 1 atom stereocenters. The Bertz CT molecular complexity index is 659. The van der Waals surface area contributed by atoms with Gasteiger partial charge in [-0.1, -0.05) is 30.3 Å². The number of urea groups is 1. The molecule has 128 valence electrons. The summed E-state index contributed by atoms with van der Waals surface area (Å²) in [7, 11) is 0. The number of benzene rings is 1. The number of amides is 2. The van der Waals surface area contributed by atoms with Gasteiger partial charge >= 0.3 is 6.03 Å². The largest absolute Gasteiger partial charge is 0.376 e. The van der Waals surface area contributed by atoms with Crippen molar-refractivity contribution in [2.45, 2.75) is 26.5 Å². The smallest absolute Gasteiger partial charge is 0.317 e. The molecule has 6 heteroatoms. The Morgan fingerprint density at radius 2 is 2.25 bits per heavy atom. The molecule has 5 nitrogen and oxygen atoms in total. The molecule has 2 heterocycles. The maximum absolute atomic E-state index is 12.2. The average molecular weight is 345 g/mol. The van der Waals surface area contributed by atoms with E-state index in [2.05, 4.69) is 22.4 Å². The van der Waals surface area contributed by atoms with Crippen molar-refractivity contribution in [2.75, 3.05) is 19.7 Å². The molecular weight excluding hydrogens is 322 g/mol. The predicted octanol–water partition coefficient (Wildman–Crippen LogP) is 3.20. The van der Waals surface area contributed by atoms with Crippen LogP contribution in [-0.2, 0) is 17.9 Å². The number of aryl methyl sites for hydroxylation is 1. The van der Waals surface area contributed by atoms with Gasteiger partial charge in [-0.15, -0.1) is 11.3 Å². The van der Waals surface area contributed by atoms with Gasteiger partial charge in [0.05, 0.1) is 24.8 Å². The molecule has 3 rings (SSSR count). The first-order valence-electron chi connectivity index (χ1n) is 8.26. The molecule has 0 radical (unpaired) electrons.